The zero-order valence-electron chi connectivity index (χ0n) is 11.6. The molecule has 3 rings (SSSR count). The van der Waals surface area contributed by atoms with E-state index in [1.807, 2.05) is 59.2 Å². The van der Waals surface area contributed by atoms with Crippen LogP contribution < -0.4 is 5.73 Å². The molecule has 106 valence electrons. The molecule has 4 heteroatoms. The summed E-state index contributed by atoms with van der Waals surface area (Å²) in [6.45, 7) is 0.0423. The lowest BCUT2D eigenvalue weighted by Gasteiger charge is -2.15. The molecular weight excluding hydrogens is 262 g/mol. The molecule has 21 heavy (non-hydrogen) atoms. The first-order valence-electron chi connectivity index (χ1n) is 6.82. The van der Waals surface area contributed by atoms with Gasteiger partial charge < -0.3 is 15.4 Å². The molecule has 0 bridgehead atoms. The minimum atomic E-state index is -0.230. The first-order chi connectivity index (χ1) is 10.3. The molecule has 0 radical (unpaired) electrons. The highest BCUT2D eigenvalue weighted by Crippen LogP contribution is 2.22. The molecule has 4 nitrogen and oxygen atoms in total. The zero-order valence-corrected chi connectivity index (χ0v) is 11.6. The maximum absolute atomic E-state index is 9.11. The topological polar surface area (TPSA) is 64.1 Å². The number of hydrogen-bond acceptors (Lipinski definition) is 3. The van der Waals surface area contributed by atoms with Crippen LogP contribution in [0.1, 0.15) is 22.9 Å². The molecule has 0 aliphatic heterocycles. The molecule has 0 aliphatic carbocycles. The Hall–Kier alpha value is -2.43. The minimum Gasteiger partial charge on any atom is -0.392 e. The van der Waals surface area contributed by atoms with Crippen molar-refractivity contribution in [3.05, 3.63) is 83.9 Å². The maximum Gasteiger partial charge on any atom is 0.0994 e. The lowest BCUT2D eigenvalue weighted by atomic mass is 10.1. The number of nitrogens with zero attached hydrogens (tertiary/aromatic N) is 2. The molecule has 0 saturated carbocycles. The fourth-order valence-electron chi connectivity index (χ4n) is 2.34. The van der Waals surface area contributed by atoms with Crippen molar-refractivity contribution in [2.75, 3.05) is 0 Å². The lowest BCUT2D eigenvalue weighted by molar-refractivity contribution is 0.282. The molecule has 1 atom stereocenters. The number of aliphatic hydroxyl groups excluding tert-OH is 1. The van der Waals surface area contributed by atoms with Gasteiger partial charge in [-0.1, -0.05) is 42.5 Å². The van der Waals surface area contributed by atoms with Gasteiger partial charge in [-0.2, -0.15) is 0 Å². The summed E-state index contributed by atoms with van der Waals surface area (Å²) in [6.07, 6.45) is 3.55. The van der Waals surface area contributed by atoms with Crippen molar-refractivity contribution in [2.24, 2.45) is 5.73 Å². The number of rotatable bonds is 4. The van der Waals surface area contributed by atoms with Crippen LogP contribution in [0.15, 0.2) is 67.1 Å². The van der Waals surface area contributed by atoms with Gasteiger partial charge in [-0.25, -0.2) is 4.98 Å². The molecule has 0 spiro atoms. The van der Waals surface area contributed by atoms with Gasteiger partial charge in [0.15, 0.2) is 0 Å². The van der Waals surface area contributed by atoms with Crippen LogP contribution >= 0.6 is 0 Å². The summed E-state index contributed by atoms with van der Waals surface area (Å²) in [6, 6.07) is 17.4. The Kier molecular flexibility index (Phi) is 3.81. The van der Waals surface area contributed by atoms with E-state index in [-0.39, 0.29) is 12.6 Å². The monoisotopic (exact) mass is 279 g/mol. The highest BCUT2D eigenvalue weighted by molar-refractivity contribution is 5.38. The smallest absolute Gasteiger partial charge is 0.0994 e. The lowest BCUT2D eigenvalue weighted by Crippen LogP contribution is -2.15. The molecule has 0 saturated heterocycles. The van der Waals surface area contributed by atoms with Crippen LogP contribution in [-0.4, -0.2) is 14.7 Å². The van der Waals surface area contributed by atoms with Gasteiger partial charge in [0.05, 0.1) is 30.9 Å². The normalized spacial score (nSPS) is 12.3. The van der Waals surface area contributed by atoms with Crippen molar-refractivity contribution in [1.29, 1.82) is 0 Å². The van der Waals surface area contributed by atoms with Crippen LogP contribution in [0.5, 0.6) is 0 Å². The van der Waals surface area contributed by atoms with E-state index < -0.39 is 0 Å². The van der Waals surface area contributed by atoms with E-state index in [1.54, 1.807) is 12.5 Å². The number of aromatic nitrogens is 2. The van der Waals surface area contributed by atoms with Crippen LogP contribution in [0.3, 0.4) is 0 Å². The van der Waals surface area contributed by atoms with E-state index in [0.29, 0.717) is 0 Å². The number of imidazole rings is 1. The summed E-state index contributed by atoms with van der Waals surface area (Å²) in [4.78, 5) is 4.22. The minimum absolute atomic E-state index is 0.0423. The quantitative estimate of drug-likeness (QED) is 0.771. The molecule has 0 amide bonds. The summed E-state index contributed by atoms with van der Waals surface area (Å²) in [5.74, 6) is 0. The van der Waals surface area contributed by atoms with Crippen molar-refractivity contribution in [1.82, 2.24) is 9.55 Å². The Labute approximate surface area is 123 Å². The van der Waals surface area contributed by atoms with Gasteiger partial charge >= 0.3 is 0 Å². The molecule has 1 heterocycles. The second kappa shape index (κ2) is 5.91. The van der Waals surface area contributed by atoms with Crippen LogP contribution in [0.25, 0.3) is 5.69 Å². The molecule has 1 unspecified atom stereocenters. The molecule has 3 aromatic rings. The summed E-state index contributed by atoms with van der Waals surface area (Å²) >= 11 is 0. The summed E-state index contributed by atoms with van der Waals surface area (Å²) in [5, 5.41) is 9.11. The average molecular weight is 279 g/mol. The van der Waals surface area contributed by atoms with Crippen LogP contribution in [0, 0.1) is 0 Å². The molecular formula is C17H17N3O. The first kappa shape index (κ1) is 13.5. The average Bonchev–Trinajstić information content (AvgIpc) is 3.04. The van der Waals surface area contributed by atoms with E-state index in [0.717, 1.165) is 22.5 Å². The van der Waals surface area contributed by atoms with Crippen molar-refractivity contribution < 1.29 is 5.11 Å². The molecule has 3 N–H and O–H groups in total. The standard InChI is InChI=1S/C17H17N3O/c18-17(14-4-2-1-3-5-14)16-10-19-12-20(16)15-8-6-13(11-21)7-9-15/h1-10,12,17,21H,11,18H2. The van der Waals surface area contributed by atoms with Gasteiger partial charge in [0.2, 0.25) is 0 Å². The fraction of sp³-hybridized carbons (Fsp3) is 0.118. The van der Waals surface area contributed by atoms with Crippen LogP contribution in [-0.2, 0) is 6.61 Å². The number of aliphatic hydroxyl groups is 1. The number of hydrogen-bond donors (Lipinski definition) is 2. The SMILES string of the molecule is NC(c1ccccc1)c1cncn1-c1ccc(CO)cc1. The third kappa shape index (κ3) is 2.72. The van der Waals surface area contributed by atoms with Gasteiger partial charge in [-0.05, 0) is 23.3 Å². The van der Waals surface area contributed by atoms with Crippen molar-refractivity contribution in [3.63, 3.8) is 0 Å². The van der Waals surface area contributed by atoms with Crippen LogP contribution in [0.4, 0.5) is 0 Å². The second-order valence-electron chi connectivity index (χ2n) is 4.90. The summed E-state index contributed by atoms with van der Waals surface area (Å²) in [5.41, 5.74) is 10.2. The Balaban J connectivity index is 1.96. The molecule has 0 fully saturated rings. The van der Waals surface area contributed by atoms with Crippen molar-refractivity contribution >= 4 is 0 Å². The third-order valence-electron chi connectivity index (χ3n) is 3.54. The largest absolute Gasteiger partial charge is 0.392 e. The van der Waals surface area contributed by atoms with Gasteiger partial charge in [-0.3, -0.25) is 0 Å². The van der Waals surface area contributed by atoms with E-state index in [9.17, 15) is 0 Å². The van der Waals surface area contributed by atoms with E-state index in [1.165, 1.54) is 0 Å². The van der Waals surface area contributed by atoms with E-state index >= 15 is 0 Å². The Morgan fingerprint density at radius 1 is 1.05 bits per heavy atom. The molecule has 2 aromatic carbocycles. The zero-order chi connectivity index (χ0) is 14.7. The molecule has 0 aliphatic rings. The number of nitrogens with two attached hydrogens (primary N) is 1. The fourth-order valence-corrected chi connectivity index (χ4v) is 2.34. The van der Waals surface area contributed by atoms with Gasteiger partial charge in [0, 0.05) is 5.69 Å². The number of benzene rings is 2. The summed E-state index contributed by atoms with van der Waals surface area (Å²) in [7, 11) is 0. The van der Waals surface area contributed by atoms with Gasteiger partial charge in [0.1, 0.15) is 0 Å². The highest BCUT2D eigenvalue weighted by Gasteiger charge is 2.14. The van der Waals surface area contributed by atoms with E-state index in [4.69, 9.17) is 10.8 Å². The Bertz CT molecular complexity index is 704. The van der Waals surface area contributed by atoms with Crippen LogP contribution in [0.2, 0.25) is 0 Å². The Morgan fingerprint density at radius 3 is 2.43 bits per heavy atom. The van der Waals surface area contributed by atoms with Crippen molar-refractivity contribution in [2.45, 2.75) is 12.6 Å². The molecule has 1 aromatic heterocycles. The van der Waals surface area contributed by atoms with E-state index in [2.05, 4.69) is 4.98 Å². The summed E-state index contributed by atoms with van der Waals surface area (Å²) < 4.78 is 1.97. The predicted molar refractivity (Wildman–Crippen MR) is 82.0 cm³/mol. The predicted octanol–water partition coefficient (Wildman–Crippen LogP) is 2.41. The van der Waals surface area contributed by atoms with Gasteiger partial charge in [0.25, 0.3) is 0 Å². The second-order valence-corrected chi connectivity index (χ2v) is 4.90. The highest BCUT2D eigenvalue weighted by atomic mass is 16.3. The Morgan fingerprint density at radius 2 is 1.76 bits per heavy atom. The first-order valence-corrected chi connectivity index (χ1v) is 6.82. The third-order valence-corrected chi connectivity index (χ3v) is 3.54. The maximum atomic E-state index is 9.11. The van der Waals surface area contributed by atoms with Crippen molar-refractivity contribution in [3.8, 4) is 5.69 Å². The van der Waals surface area contributed by atoms with Gasteiger partial charge in [-0.15, -0.1) is 0 Å².